The van der Waals surface area contributed by atoms with Crippen LogP contribution in [0.25, 0.3) is 0 Å². The molecule has 0 radical (unpaired) electrons. The Balaban J connectivity index is 2.13. The molecule has 1 aromatic rings. The van der Waals surface area contributed by atoms with Crippen LogP contribution in [0, 0.1) is 5.92 Å². The van der Waals surface area contributed by atoms with Gasteiger partial charge in [0.1, 0.15) is 0 Å². The summed E-state index contributed by atoms with van der Waals surface area (Å²) in [5, 5.41) is 0. The molecule has 1 aliphatic heterocycles. The van der Waals surface area contributed by atoms with E-state index in [-0.39, 0.29) is 0 Å². The maximum atomic E-state index is 6.02. The van der Waals surface area contributed by atoms with Crippen LogP contribution in [-0.2, 0) is 0 Å². The molecule has 1 fully saturated rings. The number of piperidine rings is 1. The molecule has 17 heavy (non-hydrogen) atoms. The SMILES string of the molecule is CC1CCN(C(CN)c2ccc(Cl)s2)C(C)C1. The summed E-state index contributed by atoms with van der Waals surface area (Å²) >= 11 is 7.68. The minimum Gasteiger partial charge on any atom is -0.329 e. The van der Waals surface area contributed by atoms with Gasteiger partial charge in [0.05, 0.1) is 10.4 Å². The van der Waals surface area contributed by atoms with E-state index in [9.17, 15) is 0 Å². The molecule has 1 aliphatic rings. The van der Waals surface area contributed by atoms with Crippen LogP contribution in [0.5, 0.6) is 0 Å². The van der Waals surface area contributed by atoms with Gasteiger partial charge in [0.25, 0.3) is 0 Å². The topological polar surface area (TPSA) is 29.3 Å². The van der Waals surface area contributed by atoms with Crippen molar-refractivity contribution in [1.29, 1.82) is 0 Å². The van der Waals surface area contributed by atoms with Crippen molar-refractivity contribution >= 4 is 22.9 Å². The Hall–Kier alpha value is -0.0900. The van der Waals surface area contributed by atoms with E-state index in [1.54, 1.807) is 11.3 Å². The van der Waals surface area contributed by atoms with Crippen LogP contribution in [-0.4, -0.2) is 24.0 Å². The Kier molecular flexibility index (Phi) is 4.47. The van der Waals surface area contributed by atoms with E-state index < -0.39 is 0 Å². The van der Waals surface area contributed by atoms with Crippen molar-refractivity contribution in [2.24, 2.45) is 11.7 Å². The maximum Gasteiger partial charge on any atom is 0.0931 e. The predicted octanol–water partition coefficient (Wildman–Crippen LogP) is 3.52. The second-order valence-corrected chi connectivity index (χ2v) is 6.86. The highest BCUT2D eigenvalue weighted by Crippen LogP contribution is 2.34. The van der Waals surface area contributed by atoms with Gasteiger partial charge >= 0.3 is 0 Å². The van der Waals surface area contributed by atoms with E-state index in [4.69, 9.17) is 17.3 Å². The summed E-state index contributed by atoms with van der Waals surface area (Å²) in [6.07, 6.45) is 2.55. The zero-order chi connectivity index (χ0) is 12.4. The second kappa shape index (κ2) is 5.70. The molecule has 2 N–H and O–H groups in total. The quantitative estimate of drug-likeness (QED) is 0.912. The van der Waals surface area contributed by atoms with Gasteiger partial charge in [0, 0.05) is 17.5 Å². The average molecular weight is 273 g/mol. The first kappa shape index (κ1) is 13.3. The summed E-state index contributed by atoms with van der Waals surface area (Å²) in [5.41, 5.74) is 5.96. The summed E-state index contributed by atoms with van der Waals surface area (Å²) in [5.74, 6) is 0.839. The molecule has 0 aromatic carbocycles. The molecule has 1 saturated heterocycles. The Morgan fingerprint density at radius 3 is 2.82 bits per heavy atom. The molecule has 0 saturated carbocycles. The standard InChI is InChI=1S/C13H21ClN2S/c1-9-5-6-16(10(2)7-9)11(8-15)12-3-4-13(14)17-12/h3-4,9-11H,5-8,15H2,1-2H3. The van der Waals surface area contributed by atoms with E-state index in [0.717, 1.165) is 16.8 Å². The van der Waals surface area contributed by atoms with Gasteiger partial charge in [0.2, 0.25) is 0 Å². The summed E-state index contributed by atoms with van der Waals surface area (Å²) in [6.45, 7) is 6.48. The van der Waals surface area contributed by atoms with Crippen molar-refractivity contribution in [2.45, 2.75) is 38.8 Å². The number of nitrogens with zero attached hydrogens (tertiary/aromatic N) is 1. The third kappa shape index (κ3) is 3.02. The van der Waals surface area contributed by atoms with Gasteiger partial charge < -0.3 is 5.73 Å². The van der Waals surface area contributed by atoms with Gasteiger partial charge in [0.15, 0.2) is 0 Å². The average Bonchev–Trinajstić information content (AvgIpc) is 2.69. The molecule has 2 heterocycles. The molecule has 96 valence electrons. The fraction of sp³-hybridized carbons (Fsp3) is 0.692. The van der Waals surface area contributed by atoms with Crippen molar-refractivity contribution in [3.8, 4) is 0 Å². The van der Waals surface area contributed by atoms with Gasteiger partial charge in [-0.3, -0.25) is 4.90 Å². The van der Waals surface area contributed by atoms with Crippen molar-refractivity contribution < 1.29 is 0 Å². The molecule has 1 aromatic heterocycles. The fourth-order valence-electron chi connectivity index (χ4n) is 2.81. The van der Waals surface area contributed by atoms with Crippen molar-refractivity contribution in [1.82, 2.24) is 4.90 Å². The van der Waals surface area contributed by atoms with Crippen LogP contribution in [0.3, 0.4) is 0 Å². The Bertz CT molecular complexity index is 366. The normalized spacial score (nSPS) is 28.2. The lowest BCUT2D eigenvalue weighted by atomic mass is 9.92. The largest absolute Gasteiger partial charge is 0.329 e. The zero-order valence-corrected chi connectivity index (χ0v) is 12.1. The lowest BCUT2D eigenvalue weighted by molar-refractivity contribution is 0.0863. The first-order valence-electron chi connectivity index (χ1n) is 6.33. The monoisotopic (exact) mass is 272 g/mol. The molecule has 0 aliphatic carbocycles. The number of hydrogen-bond acceptors (Lipinski definition) is 3. The van der Waals surface area contributed by atoms with E-state index in [1.165, 1.54) is 17.7 Å². The van der Waals surface area contributed by atoms with Crippen LogP contribution in [0.1, 0.15) is 37.6 Å². The van der Waals surface area contributed by atoms with Crippen LogP contribution >= 0.6 is 22.9 Å². The second-order valence-electron chi connectivity index (χ2n) is 5.11. The summed E-state index contributed by atoms with van der Waals surface area (Å²) in [4.78, 5) is 3.85. The highest BCUT2D eigenvalue weighted by molar-refractivity contribution is 7.16. The molecule has 0 bridgehead atoms. The van der Waals surface area contributed by atoms with Gasteiger partial charge in [-0.05, 0) is 44.4 Å². The minimum absolute atomic E-state index is 0.343. The fourth-order valence-corrected chi connectivity index (χ4v) is 4.01. The van der Waals surface area contributed by atoms with Gasteiger partial charge in [-0.25, -0.2) is 0 Å². The third-order valence-electron chi connectivity index (χ3n) is 3.74. The molecule has 3 unspecified atom stereocenters. The molecule has 4 heteroatoms. The summed E-state index contributed by atoms with van der Waals surface area (Å²) < 4.78 is 0.858. The van der Waals surface area contributed by atoms with Crippen LogP contribution < -0.4 is 5.73 Å². The van der Waals surface area contributed by atoms with Gasteiger partial charge in [-0.1, -0.05) is 18.5 Å². The predicted molar refractivity (Wildman–Crippen MR) is 75.7 cm³/mol. The van der Waals surface area contributed by atoms with Gasteiger partial charge in [-0.2, -0.15) is 0 Å². The third-order valence-corrected chi connectivity index (χ3v) is 5.07. The lowest BCUT2D eigenvalue weighted by Gasteiger charge is -2.41. The van der Waals surface area contributed by atoms with Gasteiger partial charge in [-0.15, -0.1) is 11.3 Å². The van der Waals surface area contributed by atoms with Crippen molar-refractivity contribution in [2.75, 3.05) is 13.1 Å². The smallest absolute Gasteiger partial charge is 0.0931 e. The highest BCUT2D eigenvalue weighted by Gasteiger charge is 2.29. The minimum atomic E-state index is 0.343. The number of nitrogens with two attached hydrogens (primary N) is 1. The molecule has 2 rings (SSSR count). The van der Waals surface area contributed by atoms with Crippen molar-refractivity contribution in [3.63, 3.8) is 0 Å². The zero-order valence-electron chi connectivity index (χ0n) is 10.5. The Morgan fingerprint density at radius 2 is 2.29 bits per heavy atom. The molecule has 2 nitrogen and oxygen atoms in total. The number of likely N-dealkylation sites (tertiary alicyclic amines) is 1. The van der Waals surface area contributed by atoms with E-state index in [1.807, 2.05) is 6.07 Å². The molecule has 3 atom stereocenters. The Labute approximate surface area is 113 Å². The first-order chi connectivity index (χ1) is 8.11. The van der Waals surface area contributed by atoms with Crippen molar-refractivity contribution in [3.05, 3.63) is 21.3 Å². The van der Waals surface area contributed by atoms with Crippen LogP contribution in [0.15, 0.2) is 12.1 Å². The van der Waals surface area contributed by atoms with E-state index in [0.29, 0.717) is 18.6 Å². The highest BCUT2D eigenvalue weighted by atomic mass is 35.5. The summed E-state index contributed by atoms with van der Waals surface area (Å²) in [7, 11) is 0. The number of thiophene rings is 1. The summed E-state index contributed by atoms with van der Waals surface area (Å²) in [6, 6.07) is 5.06. The molecular formula is C13H21ClN2S. The molecule has 0 spiro atoms. The molecule has 0 amide bonds. The number of hydrogen-bond donors (Lipinski definition) is 1. The Morgan fingerprint density at radius 1 is 1.53 bits per heavy atom. The number of halogens is 1. The molecular weight excluding hydrogens is 252 g/mol. The number of rotatable bonds is 3. The van der Waals surface area contributed by atoms with Crippen LogP contribution in [0.2, 0.25) is 4.34 Å². The first-order valence-corrected chi connectivity index (χ1v) is 7.52. The van der Waals surface area contributed by atoms with E-state index in [2.05, 4.69) is 24.8 Å². The van der Waals surface area contributed by atoms with E-state index >= 15 is 0 Å². The maximum absolute atomic E-state index is 6.02. The van der Waals surface area contributed by atoms with Crippen LogP contribution in [0.4, 0.5) is 0 Å². The lowest BCUT2D eigenvalue weighted by Crippen LogP contribution is -2.44.